The Hall–Kier alpha value is -0.640. The van der Waals surface area contributed by atoms with Crippen molar-refractivity contribution in [2.45, 2.75) is 4.52 Å². The number of hydrogen-bond acceptors (Lipinski definition) is 3. The van der Waals surface area contributed by atoms with Gasteiger partial charge < -0.3 is 9.47 Å². The van der Waals surface area contributed by atoms with Crippen molar-refractivity contribution in [3.8, 4) is 5.75 Å². The maximum Gasteiger partial charge on any atom is 0.516 e. The molecule has 0 aromatic heterocycles. The van der Waals surface area contributed by atoms with Gasteiger partial charge in [0.05, 0.1) is 5.88 Å². The summed E-state index contributed by atoms with van der Waals surface area (Å²) >= 11 is 16.3. The summed E-state index contributed by atoms with van der Waals surface area (Å²) < 4.78 is 7.48. The molecule has 15 heavy (non-hydrogen) atoms. The molecule has 1 radical (unpaired) electrons. The summed E-state index contributed by atoms with van der Waals surface area (Å²) in [4.78, 5) is 11.1. The average Bonchev–Trinajstić information content (AvgIpc) is 2.18. The van der Waals surface area contributed by atoms with E-state index in [1.807, 2.05) is 0 Å². The summed E-state index contributed by atoms with van der Waals surface area (Å²) in [6, 6.07) is 8.99. The van der Waals surface area contributed by atoms with Crippen LogP contribution in [0.4, 0.5) is 4.79 Å². The highest BCUT2D eigenvalue weighted by Gasteiger charge is 2.28. The maximum absolute atomic E-state index is 11.1. The fourth-order valence-electron chi connectivity index (χ4n) is 0.706. The van der Waals surface area contributed by atoms with Gasteiger partial charge in [0.15, 0.2) is 0 Å². The van der Waals surface area contributed by atoms with Gasteiger partial charge in [-0.3, -0.25) is 0 Å². The zero-order valence-corrected chi connectivity index (χ0v) is 9.64. The minimum Gasteiger partial charge on any atom is -0.396 e. The van der Waals surface area contributed by atoms with Crippen LogP contribution in [0.1, 0.15) is 0 Å². The lowest BCUT2D eigenvalue weighted by Crippen LogP contribution is -2.26. The van der Waals surface area contributed by atoms with Crippen LogP contribution in [0.2, 0.25) is 0 Å². The Morgan fingerprint density at radius 1 is 1.40 bits per heavy atom. The normalized spacial score (nSPS) is 10.9. The number of carbonyl (C=O) groups is 1. The third-order valence-corrected chi connectivity index (χ3v) is 2.35. The van der Waals surface area contributed by atoms with Crippen LogP contribution < -0.4 is 4.74 Å². The van der Waals surface area contributed by atoms with Crippen LogP contribution in [0.5, 0.6) is 5.75 Å². The Labute approximate surface area is 102 Å². The topological polar surface area (TPSA) is 35.5 Å². The standard InChI is InChI=1S/C9H6Cl3O3/c10-6-9(11,12)15-8(13)14-7-4-2-1-3-5-7/h2-5H,6H2. The van der Waals surface area contributed by atoms with Gasteiger partial charge >= 0.3 is 6.16 Å². The minimum absolute atomic E-state index is 0.256. The van der Waals surface area contributed by atoms with E-state index in [0.717, 1.165) is 0 Å². The summed E-state index contributed by atoms with van der Waals surface area (Å²) in [7, 11) is 0. The van der Waals surface area contributed by atoms with E-state index in [1.165, 1.54) is 12.1 Å². The Balaban J connectivity index is 2.51. The molecule has 0 amide bonds. The van der Waals surface area contributed by atoms with Gasteiger partial charge in [0.1, 0.15) is 5.75 Å². The quantitative estimate of drug-likeness (QED) is 0.479. The zero-order valence-electron chi connectivity index (χ0n) is 7.38. The third kappa shape index (κ3) is 4.60. The maximum atomic E-state index is 11.1. The van der Waals surface area contributed by atoms with Crippen molar-refractivity contribution in [2.24, 2.45) is 0 Å². The van der Waals surface area contributed by atoms with Crippen molar-refractivity contribution in [1.29, 1.82) is 0 Å². The van der Waals surface area contributed by atoms with Crippen molar-refractivity contribution in [2.75, 3.05) is 5.88 Å². The summed E-state index contributed by atoms with van der Waals surface area (Å²) in [5.41, 5.74) is 0. The first-order valence-corrected chi connectivity index (χ1v) is 5.13. The molecule has 1 rings (SSSR count). The molecular formula is C9H6Cl3O3. The number of halogens is 3. The SMILES string of the molecule is O=C(Oc1cc[c]cc1)OC(Cl)(Cl)CCl. The van der Waals surface area contributed by atoms with Crippen LogP contribution in [0.25, 0.3) is 0 Å². The predicted octanol–water partition coefficient (Wildman–Crippen LogP) is 3.37. The van der Waals surface area contributed by atoms with Crippen LogP contribution in [0.15, 0.2) is 24.3 Å². The Kier molecular flexibility index (Phi) is 4.51. The van der Waals surface area contributed by atoms with E-state index in [4.69, 9.17) is 39.5 Å². The van der Waals surface area contributed by atoms with E-state index in [9.17, 15) is 4.79 Å². The first-order chi connectivity index (χ1) is 7.03. The fraction of sp³-hybridized carbons (Fsp3) is 0.222. The number of ether oxygens (including phenoxy) is 2. The largest absolute Gasteiger partial charge is 0.516 e. The van der Waals surface area contributed by atoms with Crippen molar-refractivity contribution < 1.29 is 14.3 Å². The average molecular weight is 269 g/mol. The first-order valence-electron chi connectivity index (χ1n) is 3.84. The van der Waals surface area contributed by atoms with Gasteiger partial charge in [0.25, 0.3) is 4.52 Å². The molecule has 0 saturated carbocycles. The zero-order chi connectivity index (χ0) is 11.3. The highest BCUT2D eigenvalue weighted by molar-refractivity contribution is 6.50. The fourth-order valence-corrected chi connectivity index (χ4v) is 0.886. The molecule has 0 saturated heterocycles. The molecule has 0 heterocycles. The second kappa shape index (κ2) is 5.45. The first kappa shape index (κ1) is 12.4. The van der Waals surface area contributed by atoms with Crippen molar-refractivity contribution in [1.82, 2.24) is 0 Å². The molecule has 0 bridgehead atoms. The van der Waals surface area contributed by atoms with Gasteiger partial charge in [0, 0.05) is 0 Å². The number of alkyl halides is 3. The Bertz CT molecular complexity index is 327. The van der Waals surface area contributed by atoms with Gasteiger partial charge in [-0.05, 0) is 18.2 Å². The van der Waals surface area contributed by atoms with Gasteiger partial charge in [-0.2, -0.15) is 0 Å². The minimum atomic E-state index is -1.78. The molecule has 0 atom stereocenters. The molecule has 1 aromatic rings. The summed E-state index contributed by atoms with van der Waals surface area (Å²) in [6.07, 6.45) is -1.02. The van der Waals surface area contributed by atoms with Crippen molar-refractivity contribution in [3.63, 3.8) is 0 Å². The summed E-state index contributed by atoms with van der Waals surface area (Å²) in [6.45, 7) is 0. The number of benzene rings is 1. The van der Waals surface area contributed by atoms with Crippen molar-refractivity contribution in [3.05, 3.63) is 30.3 Å². The van der Waals surface area contributed by atoms with E-state index < -0.39 is 10.7 Å². The number of carbonyl (C=O) groups excluding carboxylic acids is 1. The van der Waals surface area contributed by atoms with Crippen LogP contribution >= 0.6 is 34.8 Å². The predicted molar refractivity (Wildman–Crippen MR) is 57.5 cm³/mol. The highest BCUT2D eigenvalue weighted by atomic mass is 35.5. The van der Waals surface area contributed by atoms with E-state index in [2.05, 4.69) is 10.8 Å². The lowest BCUT2D eigenvalue weighted by atomic mass is 10.3. The van der Waals surface area contributed by atoms with E-state index >= 15 is 0 Å². The molecule has 1 aromatic carbocycles. The lowest BCUT2D eigenvalue weighted by Gasteiger charge is -2.15. The van der Waals surface area contributed by atoms with Gasteiger partial charge in [-0.25, -0.2) is 4.79 Å². The molecule has 81 valence electrons. The second-order valence-corrected chi connectivity index (χ2v) is 4.14. The van der Waals surface area contributed by atoms with Crippen LogP contribution in [0.3, 0.4) is 0 Å². The number of rotatable bonds is 3. The summed E-state index contributed by atoms with van der Waals surface area (Å²) in [5, 5.41) is 0. The smallest absolute Gasteiger partial charge is 0.396 e. The number of hydrogen-bond donors (Lipinski definition) is 0. The van der Waals surface area contributed by atoms with Crippen LogP contribution in [-0.4, -0.2) is 16.6 Å². The van der Waals surface area contributed by atoms with E-state index in [-0.39, 0.29) is 5.88 Å². The second-order valence-electron chi connectivity index (χ2n) is 2.46. The Morgan fingerprint density at radius 2 is 2.00 bits per heavy atom. The lowest BCUT2D eigenvalue weighted by molar-refractivity contribution is 0.0800. The van der Waals surface area contributed by atoms with Gasteiger partial charge in [-0.1, -0.05) is 35.3 Å². The molecule has 0 aliphatic heterocycles. The molecular weight excluding hydrogens is 262 g/mol. The van der Waals surface area contributed by atoms with E-state index in [1.54, 1.807) is 12.1 Å². The summed E-state index contributed by atoms with van der Waals surface area (Å²) in [5.74, 6) is 0.0470. The van der Waals surface area contributed by atoms with E-state index in [0.29, 0.717) is 5.75 Å². The van der Waals surface area contributed by atoms with Gasteiger partial charge in [0.2, 0.25) is 0 Å². The highest BCUT2D eigenvalue weighted by Crippen LogP contribution is 2.25. The molecule has 3 nitrogen and oxygen atoms in total. The molecule has 0 aliphatic rings. The monoisotopic (exact) mass is 267 g/mol. The van der Waals surface area contributed by atoms with Crippen molar-refractivity contribution >= 4 is 41.0 Å². The molecule has 0 fully saturated rings. The molecule has 6 heteroatoms. The third-order valence-electron chi connectivity index (χ3n) is 1.28. The molecule has 0 aliphatic carbocycles. The van der Waals surface area contributed by atoms with Crippen LogP contribution in [0, 0.1) is 6.07 Å². The Morgan fingerprint density at radius 3 is 2.53 bits per heavy atom. The van der Waals surface area contributed by atoms with Gasteiger partial charge in [-0.15, -0.1) is 11.6 Å². The van der Waals surface area contributed by atoms with Crippen LogP contribution in [-0.2, 0) is 4.74 Å². The molecule has 0 unspecified atom stereocenters. The molecule has 0 spiro atoms. The molecule has 0 N–H and O–H groups in total.